The van der Waals surface area contributed by atoms with E-state index < -0.39 is 0 Å². The lowest BCUT2D eigenvalue weighted by molar-refractivity contribution is -0.121. The van der Waals surface area contributed by atoms with Crippen molar-refractivity contribution in [3.05, 3.63) is 59.7 Å². The molecule has 1 heterocycles. The Balaban J connectivity index is 1.84. The molecule has 0 aliphatic carbocycles. The maximum atomic E-state index is 13.0. The molecule has 0 bridgehead atoms. The van der Waals surface area contributed by atoms with Gasteiger partial charge in [-0.3, -0.25) is 14.5 Å². The van der Waals surface area contributed by atoms with Crippen molar-refractivity contribution < 1.29 is 9.59 Å². The first-order valence-electron chi connectivity index (χ1n) is 8.65. The number of fused-ring (bicyclic) bond motifs is 1. The summed E-state index contributed by atoms with van der Waals surface area (Å²) >= 11 is 0. The van der Waals surface area contributed by atoms with Gasteiger partial charge in [-0.2, -0.15) is 0 Å². The summed E-state index contributed by atoms with van der Waals surface area (Å²) in [4.78, 5) is 26.6. The molecule has 0 saturated carbocycles. The molecule has 0 aromatic heterocycles. The highest BCUT2D eigenvalue weighted by Crippen LogP contribution is 2.27. The quantitative estimate of drug-likeness (QED) is 0.851. The minimum absolute atomic E-state index is 0.0104. The molecule has 3 rings (SSSR count). The second-order valence-corrected chi connectivity index (χ2v) is 6.12. The Hall–Kier alpha value is -2.66. The molecule has 1 aliphatic rings. The number of benzene rings is 2. The average molecular weight is 337 g/mol. The summed E-state index contributed by atoms with van der Waals surface area (Å²) in [7, 11) is 0. The van der Waals surface area contributed by atoms with E-state index in [0.29, 0.717) is 12.1 Å². The summed E-state index contributed by atoms with van der Waals surface area (Å²) in [6, 6.07) is 15.0. The number of hydrogen-bond donors (Lipinski definition) is 2. The van der Waals surface area contributed by atoms with Crippen LogP contribution >= 0.6 is 0 Å². The fourth-order valence-corrected chi connectivity index (χ4v) is 3.27. The fraction of sp³-hybridized carbons (Fsp3) is 0.300. The number of carbonyl (C=O) groups excluding carboxylic acids is 2. The van der Waals surface area contributed by atoms with Crippen LogP contribution in [0.1, 0.15) is 31.0 Å². The molecule has 0 spiro atoms. The molecule has 0 fully saturated rings. The van der Waals surface area contributed by atoms with Crippen LogP contribution < -0.4 is 10.6 Å². The SMILES string of the molecule is CCN(CC)[C@@H](C(=O)Nc1ccc2c(c1)CC(=O)N2)c1ccccc1. The first-order valence-corrected chi connectivity index (χ1v) is 8.65. The van der Waals surface area contributed by atoms with Gasteiger partial charge in [0.1, 0.15) is 6.04 Å². The molecular formula is C20H23N3O2. The molecule has 2 amide bonds. The largest absolute Gasteiger partial charge is 0.326 e. The van der Waals surface area contributed by atoms with E-state index in [0.717, 1.165) is 29.9 Å². The van der Waals surface area contributed by atoms with Gasteiger partial charge in [0.05, 0.1) is 6.42 Å². The molecule has 5 heteroatoms. The third kappa shape index (κ3) is 3.72. The minimum atomic E-state index is -0.343. The zero-order chi connectivity index (χ0) is 17.8. The van der Waals surface area contributed by atoms with Crippen molar-refractivity contribution in [2.45, 2.75) is 26.3 Å². The van der Waals surface area contributed by atoms with Crippen molar-refractivity contribution in [1.82, 2.24) is 4.90 Å². The van der Waals surface area contributed by atoms with Crippen LogP contribution in [0.25, 0.3) is 0 Å². The molecule has 0 saturated heterocycles. The Morgan fingerprint density at radius 3 is 2.56 bits per heavy atom. The van der Waals surface area contributed by atoms with E-state index in [1.807, 2.05) is 48.5 Å². The molecule has 2 aromatic carbocycles. The van der Waals surface area contributed by atoms with Gasteiger partial charge < -0.3 is 10.6 Å². The van der Waals surface area contributed by atoms with Crippen LogP contribution in [0, 0.1) is 0 Å². The summed E-state index contributed by atoms with van der Waals surface area (Å²) in [5, 5.41) is 5.82. The third-order valence-corrected chi connectivity index (χ3v) is 4.54. The van der Waals surface area contributed by atoms with Crippen molar-refractivity contribution in [2.75, 3.05) is 23.7 Å². The minimum Gasteiger partial charge on any atom is -0.326 e. The molecule has 1 atom stereocenters. The highest BCUT2D eigenvalue weighted by atomic mass is 16.2. The molecule has 2 N–H and O–H groups in total. The van der Waals surface area contributed by atoms with Crippen LogP contribution in [0.3, 0.4) is 0 Å². The number of hydrogen-bond acceptors (Lipinski definition) is 3. The van der Waals surface area contributed by atoms with Gasteiger partial charge in [-0.05, 0) is 42.4 Å². The number of rotatable bonds is 6. The van der Waals surface area contributed by atoms with E-state index >= 15 is 0 Å². The summed E-state index contributed by atoms with van der Waals surface area (Å²) in [5.41, 5.74) is 3.43. The van der Waals surface area contributed by atoms with Crippen molar-refractivity contribution in [1.29, 1.82) is 0 Å². The number of carbonyl (C=O) groups is 2. The van der Waals surface area contributed by atoms with E-state index in [-0.39, 0.29) is 17.9 Å². The van der Waals surface area contributed by atoms with E-state index in [2.05, 4.69) is 29.4 Å². The molecule has 5 nitrogen and oxygen atoms in total. The summed E-state index contributed by atoms with van der Waals surface area (Å²) in [6.07, 6.45) is 0.358. The normalized spacial score (nSPS) is 14.1. The molecule has 0 radical (unpaired) electrons. The molecular weight excluding hydrogens is 314 g/mol. The molecule has 25 heavy (non-hydrogen) atoms. The van der Waals surface area contributed by atoms with Gasteiger partial charge in [0.15, 0.2) is 0 Å². The van der Waals surface area contributed by atoms with Crippen LogP contribution in [-0.2, 0) is 16.0 Å². The molecule has 0 unspecified atom stereocenters. The molecule has 2 aromatic rings. The number of amides is 2. The van der Waals surface area contributed by atoms with Gasteiger partial charge in [0.25, 0.3) is 0 Å². The van der Waals surface area contributed by atoms with Crippen molar-refractivity contribution in [3.63, 3.8) is 0 Å². The Labute approximate surface area is 148 Å². The summed E-state index contributed by atoms with van der Waals surface area (Å²) in [5.74, 6) is -0.0732. The lowest BCUT2D eigenvalue weighted by Crippen LogP contribution is -2.37. The van der Waals surface area contributed by atoms with E-state index in [9.17, 15) is 9.59 Å². The number of nitrogens with one attached hydrogen (secondary N) is 2. The predicted molar refractivity (Wildman–Crippen MR) is 99.5 cm³/mol. The highest BCUT2D eigenvalue weighted by Gasteiger charge is 2.26. The summed E-state index contributed by atoms with van der Waals surface area (Å²) in [6.45, 7) is 5.68. The predicted octanol–water partition coefficient (Wildman–Crippen LogP) is 3.20. The Morgan fingerprint density at radius 2 is 1.88 bits per heavy atom. The fourth-order valence-electron chi connectivity index (χ4n) is 3.27. The Morgan fingerprint density at radius 1 is 1.16 bits per heavy atom. The zero-order valence-electron chi connectivity index (χ0n) is 14.6. The van der Waals surface area contributed by atoms with Gasteiger partial charge in [0.2, 0.25) is 11.8 Å². The second-order valence-electron chi connectivity index (χ2n) is 6.12. The smallest absolute Gasteiger partial charge is 0.246 e. The topological polar surface area (TPSA) is 61.4 Å². The zero-order valence-corrected chi connectivity index (χ0v) is 14.6. The van der Waals surface area contributed by atoms with Gasteiger partial charge in [-0.1, -0.05) is 44.2 Å². The van der Waals surface area contributed by atoms with Crippen molar-refractivity contribution in [2.24, 2.45) is 0 Å². The highest BCUT2D eigenvalue weighted by molar-refractivity contribution is 6.01. The van der Waals surface area contributed by atoms with E-state index in [1.165, 1.54) is 0 Å². The van der Waals surface area contributed by atoms with Crippen LogP contribution in [0.2, 0.25) is 0 Å². The van der Waals surface area contributed by atoms with Gasteiger partial charge >= 0.3 is 0 Å². The third-order valence-electron chi connectivity index (χ3n) is 4.54. The van der Waals surface area contributed by atoms with Gasteiger partial charge in [-0.25, -0.2) is 0 Å². The van der Waals surface area contributed by atoms with Crippen LogP contribution in [0.15, 0.2) is 48.5 Å². The summed E-state index contributed by atoms with van der Waals surface area (Å²) < 4.78 is 0. The number of anilines is 2. The maximum Gasteiger partial charge on any atom is 0.246 e. The number of likely N-dealkylation sites (N-methyl/N-ethyl adjacent to an activating group) is 1. The number of nitrogens with zero attached hydrogens (tertiary/aromatic N) is 1. The van der Waals surface area contributed by atoms with Gasteiger partial charge in [-0.15, -0.1) is 0 Å². The lowest BCUT2D eigenvalue weighted by atomic mass is 10.0. The van der Waals surface area contributed by atoms with Crippen LogP contribution in [-0.4, -0.2) is 29.8 Å². The first-order chi connectivity index (χ1) is 12.1. The average Bonchev–Trinajstić information content (AvgIpc) is 2.99. The van der Waals surface area contributed by atoms with E-state index in [1.54, 1.807) is 0 Å². The lowest BCUT2D eigenvalue weighted by Gasteiger charge is -2.29. The van der Waals surface area contributed by atoms with Crippen LogP contribution in [0.5, 0.6) is 0 Å². The molecule has 1 aliphatic heterocycles. The first kappa shape index (κ1) is 17.2. The maximum absolute atomic E-state index is 13.0. The second kappa shape index (κ2) is 7.49. The monoisotopic (exact) mass is 337 g/mol. The Kier molecular flexibility index (Phi) is 5.14. The Bertz CT molecular complexity index is 770. The van der Waals surface area contributed by atoms with Crippen molar-refractivity contribution >= 4 is 23.2 Å². The standard InChI is InChI=1S/C20H23N3O2/c1-3-23(4-2)19(14-8-6-5-7-9-14)20(25)21-16-10-11-17-15(12-16)13-18(24)22-17/h5-12,19H,3-4,13H2,1-2H3,(H,21,25)(H,22,24)/t19-/m1/s1. The van der Waals surface area contributed by atoms with Crippen molar-refractivity contribution in [3.8, 4) is 0 Å². The van der Waals surface area contributed by atoms with E-state index in [4.69, 9.17) is 0 Å². The molecule has 130 valence electrons. The van der Waals surface area contributed by atoms with Crippen LogP contribution in [0.4, 0.5) is 11.4 Å². The van der Waals surface area contributed by atoms with Gasteiger partial charge in [0, 0.05) is 11.4 Å².